The third-order valence-corrected chi connectivity index (χ3v) is 7.39. The summed E-state index contributed by atoms with van der Waals surface area (Å²) >= 11 is 0. The molecule has 1 aromatic carbocycles. The van der Waals surface area contributed by atoms with E-state index < -0.39 is 30.1 Å². The van der Waals surface area contributed by atoms with E-state index in [-0.39, 0.29) is 18.6 Å². The molecule has 10 nitrogen and oxygen atoms in total. The van der Waals surface area contributed by atoms with Crippen molar-refractivity contribution in [3.05, 3.63) is 47.7 Å². The number of rotatable bonds is 8. The Bertz CT molecular complexity index is 1130. The van der Waals surface area contributed by atoms with Gasteiger partial charge in [0, 0.05) is 30.6 Å². The number of methoxy groups -OCH3 is 1. The van der Waals surface area contributed by atoms with Crippen LogP contribution in [0.3, 0.4) is 0 Å². The van der Waals surface area contributed by atoms with Crippen molar-refractivity contribution >= 4 is 11.7 Å². The van der Waals surface area contributed by atoms with Crippen LogP contribution in [0.4, 0.5) is 5.82 Å². The van der Waals surface area contributed by atoms with E-state index in [4.69, 9.17) is 14.7 Å². The zero-order valence-electron chi connectivity index (χ0n) is 20.7. The maximum absolute atomic E-state index is 12.6. The molecule has 0 saturated carbocycles. The van der Waals surface area contributed by atoms with Gasteiger partial charge in [0.05, 0.1) is 38.5 Å². The predicted molar refractivity (Wildman–Crippen MR) is 131 cm³/mol. The molecule has 2 saturated heterocycles. The number of aliphatic hydroxyl groups excluding tert-OH is 3. The standard InChI is InChI=1S/C26H32N4O6/c1-16(32)26(2)15-30(25(34)21(33)14-31)13-20(26)18-5-6-22(35-3)23(8-18)36-19-11-29(12-19)24-7-4-17(9-27)10-28-24/h4-8,10,16,19-21,31-33H,11-15H2,1-3H3/t16-,20+,21+,26+/m1/s1. The molecule has 3 heterocycles. The van der Waals surface area contributed by atoms with Crippen LogP contribution < -0.4 is 14.4 Å². The second-order valence-corrected chi connectivity index (χ2v) is 9.72. The van der Waals surface area contributed by atoms with Crippen molar-refractivity contribution in [3.63, 3.8) is 0 Å². The van der Waals surface area contributed by atoms with Crippen LogP contribution >= 0.6 is 0 Å². The van der Waals surface area contributed by atoms with Gasteiger partial charge in [0.1, 0.15) is 18.0 Å². The first-order chi connectivity index (χ1) is 17.2. The number of nitriles is 1. The molecule has 2 fully saturated rings. The number of hydrogen-bond acceptors (Lipinski definition) is 9. The number of ether oxygens (including phenoxy) is 2. The van der Waals surface area contributed by atoms with Crippen LogP contribution in [0.2, 0.25) is 0 Å². The first kappa shape index (κ1) is 25.7. The molecule has 0 spiro atoms. The van der Waals surface area contributed by atoms with Gasteiger partial charge in [-0.2, -0.15) is 5.26 Å². The molecule has 36 heavy (non-hydrogen) atoms. The third-order valence-electron chi connectivity index (χ3n) is 7.39. The number of pyridine rings is 1. The molecular formula is C26H32N4O6. The van der Waals surface area contributed by atoms with Crippen molar-refractivity contribution in [1.82, 2.24) is 9.88 Å². The number of nitrogens with zero attached hydrogens (tertiary/aromatic N) is 4. The molecular weight excluding hydrogens is 464 g/mol. The van der Waals surface area contributed by atoms with E-state index in [0.717, 1.165) is 11.4 Å². The van der Waals surface area contributed by atoms with Gasteiger partial charge in [-0.25, -0.2) is 4.98 Å². The third kappa shape index (κ3) is 4.82. The topological polar surface area (TPSA) is 139 Å². The molecule has 0 radical (unpaired) electrons. The van der Waals surface area contributed by atoms with Crippen molar-refractivity contribution in [2.45, 2.75) is 38.1 Å². The van der Waals surface area contributed by atoms with Gasteiger partial charge in [0.25, 0.3) is 5.91 Å². The molecule has 2 aliphatic heterocycles. The Kier molecular flexibility index (Phi) is 7.36. The van der Waals surface area contributed by atoms with E-state index in [1.807, 2.05) is 31.2 Å². The first-order valence-electron chi connectivity index (χ1n) is 11.9. The van der Waals surface area contributed by atoms with Crippen LogP contribution in [0, 0.1) is 16.7 Å². The van der Waals surface area contributed by atoms with Gasteiger partial charge >= 0.3 is 0 Å². The van der Waals surface area contributed by atoms with Gasteiger partial charge in [-0.1, -0.05) is 13.0 Å². The molecule has 1 amide bonds. The van der Waals surface area contributed by atoms with Crippen LogP contribution in [0.1, 0.15) is 30.9 Å². The molecule has 192 valence electrons. The van der Waals surface area contributed by atoms with Crippen molar-refractivity contribution in [3.8, 4) is 17.6 Å². The number of carbonyl (C=O) groups is 1. The summed E-state index contributed by atoms with van der Waals surface area (Å²) in [5, 5.41) is 38.7. The summed E-state index contributed by atoms with van der Waals surface area (Å²) in [6.45, 7) is 4.77. The Morgan fingerprint density at radius 1 is 1.25 bits per heavy atom. The van der Waals surface area contributed by atoms with Crippen molar-refractivity contribution in [2.24, 2.45) is 5.41 Å². The van der Waals surface area contributed by atoms with E-state index in [2.05, 4.69) is 16.0 Å². The average molecular weight is 497 g/mol. The van der Waals surface area contributed by atoms with E-state index >= 15 is 0 Å². The summed E-state index contributed by atoms with van der Waals surface area (Å²) in [6.07, 6.45) is -0.747. The van der Waals surface area contributed by atoms with Gasteiger partial charge in [-0.15, -0.1) is 0 Å². The predicted octanol–water partition coefficient (Wildman–Crippen LogP) is 0.896. The number of benzene rings is 1. The first-order valence-corrected chi connectivity index (χ1v) is 11.9. The fourth-order valence-corrected chi connectivity index (χ4v) is 4.90. The highest BCUT2D eigenvalue weighted by Gasteiger charge is 2.49. The van der Waals surface area contributed by atoms with Crippen LogP contribution in [-0.2, 0) is 4.79 Å². The number of carbonyl (C=O) groups excluding carboxylic acids is 1. The molecule has 0 unspecified atom stereocenters. The van der Waals surface area contributed by atoms with Crippen LogP contribution in [-0.4, -0.2) is 89.3 Å². The van der Waals surface area contributed by atoms with Gasteiger partial charge < -0.3 is 34.6 Å². The molecule has 4 rings (SSSR count). The minimum absolute atomic E-state index is 0.0869. The fraction of sp³-hybridized carbons (Fsp3) is 0.500. The van der Waals surface area contributed by atoms with E-state index in [9.17, 15) is 20.1 Å². The van der Waals surface area contributed by atoms with Gasteiger partial charge in [-0.05, 0) is 36.8 Å². The smallest absolute Gasteiger partial charge is 0.253 e. The summed E-state index contributed by atoms with van der Waals surface area (Å²) in [5.41, 5.74) is 0.731. The largest absolute Gasteiger partial charge is 0.493 e. The lowest BCUT2D eigenvalue weighted by molar-refractivity contribution is -0.141. The molecule has 2 aromatic rings. The Balaban J connectivity index is 1.51. The SMILES string of the molecule is COc1ccc([C@@H]2CN(C(=O)[C@@H](O)CO)C[C@@]2(C)[C@@H](C)O)cc1OC1CN(c2ccc(C#N)cn2)C1. The molecule has 2 aliphatic rings. The van der Waals surface area contributed by atoms with Crippen LogP contribution in [0.15, 0.2) is 36.5 Å². The molecule has 0 aliphatic carbocycles. The number of amides is 1. The number of aromatic nitrogens is 1. The van der Waals surface area contributed by atoms with Crippen LogP contribution in [0.5, 0.6) is 11.5 Å². The Morgan fingerprint density at radius 2 is 2.00 bits per heavy atom. The minimum Gasteiger partial charge on any atom is -0.493 e. The lowest BCUT2D eigenvalue weighted by atomic mass is 9.72. The normalized spacial score (nSPS) is 23.5. The van der Waals surface area contributed by atoms with E-state index in [1.165, 1.54) is 4.90 Å². The van der Waals surface area contributed by atoms with Crippen molar-refractivity contribution < 1.29 is 29.6 Å². The Hall–Kier alpha value is -3.39. The zero-order valence-corrected chi connectivity index (χ0v) is 20.7. The number of anilines is 1. The summed E-state index contributed by atoms with van der Waals surface area (Å²) in [7, 11) is 1.57. The van der Waals surface area contributed by atoms with Crippen molar-refractivity contribution in [2.75, 3.05) is 44.8 Å². The number of hydrogen-bond donors (Lipinski definition) is 3. The zero-order chi connectivity index (χ0) is 26.0. The molecule has 3 N–H and O–H groups in total. The molecule has 0 bridgehead atoms. The lowest BCUT2D eigenvalue weighted by Crippen LogP contribution is -2.54. The van der Waals surface area contributed by atoms with Crippen LogP contribution in [0.25, 0.3) is 0 Å². The van der Waals surface area contributed by atoms with Gasteiger partial charge in [0.15, 0.2) is 17.6 Å². The maximum Gasteiger partial charge on any atom is 0.253 e. The highest BCUT2D eigenvalue weighted by atomic mass is 16.5. The second kappa shape index (κ2) is 10.3. The fourth-order valence-electron chi connectivity index (χ4n) is 4.90. The van der Waals surface area contributed by atoms with E-state index in [1.54, 1.807) is 26.3 Å². The molecule has 4 atom stereocenters. The quantitative estimate of drug-likeness (QED) is 0.486. The minimum atomic E-state index is -1.48. The molecule has 1 aromatic heterocycles. The van der Waals surface area contributed by atoms with Gasteiger partial charge in [0.2, 0.25) is 0 Å². The van der Waals surface area contributed by atoms with E-state index in [0.29, 0.717) is 36.7 Å². The monoisotopic (exact) mass is 496 g/mol. The summed E-state index contributed by atoms with van der Waals surface area (Å²) in [4.78, 5) is 20.4. The molecule has 10 heteroatoms. The second-order valence-electron chi connectivity index (χ2n) is 9.72. The Labute approximate surface area is 210 Å². The summed E-state index contributed by atoms with van der Waals surface area (Å²) in [6, 6.07) is 11.2. The number of likely N-dealkylation sites (tertiary alicyclic amines) is 1. The summed E-state index contributed by atoms with van der Waals surface area (Å²) in [5.74, 6) is 1.15. The Morgan fingerprint density at radius 3 is 2.58 bits per heavy atom. The van der Waals surface area contributed by atoms with Gasteiger partial charge in [-0.3, -0.25) is 4.79 Å². The maximum atomic E-state index is 12.6. The highest BCUT2D eigenvalue weighted by molar-refractivity contribution is 5.81. The number of aliphatic hydroxyl groups is 3. The van der Waals surface area contributed by atoms with Crippen molar-refractivity contribution in [1.29, 1.82) is 5.26 Å². The highest BCUT2D eigenvalue weighted by Crippen LogP contribution is 2.47. The lowest BCUT2D eigenvalue weighted by Gasteiger charge is -2.40. The summed E-state index contributed by atoms with van der Waals surface area (Å²) < 4.78 is 11.8. The average Bonchev–Trinajstić information content (AvgIpc) is 3.23.